The van der Waals surface area contributed by atoms with Crippen molar-refractivity contribution in [2.75, 3.05) is 88.5 Å². The average Bonchev–Trinajstić information content (AvgIpc) is 3.35. The van der Waals surface area contributed by atoms with Crippen molar-refractivity contribution >= 4 is 23.3 Å². The van der Waals surface area contributed by atoms with E-state index in [4.69, 9.17) is 18.9 Å². The van der Waals surface area contributed by atoms with Crippen LogP contribution in [-0.2, 0) is 9.59 Å². The van der Waals surface area contributed by atoms with Crippen LogP contribution in [0.1, 0.15) is 24.5 Å². The zero-order valence-electron chi connectivity index (χ0n) is 37.6. The van der Waals surface area contributed by atoms with Crippen molar-refractivity contribution < 1.29 is 28.5 Å². The van der Waals surface area contributed by atoms with Gasteiger partial charge in [-0.25, -0.2) is 19.6 Å². The van der Waals surface area contributed by atoms with Gasteiger partial charge in [0.1, 0.15) is 23.1 Å². The fraction of sp³-hybridized carbons (Fsp3) is 0.308. The van der Waals surface area contributed by atoms with Gasteiger partial charge in [-0.1, -0.05) is 36.4 Å². The molecule has 6 aromatic rings. The smallest absolute Gasteiger partial charge is 0.336 e. The molecule has 0 bridgehead atoms. The van der Waals surface area contributed by atoms with Crippen LogP contribution in [0.5, 0.6) is 23.3 Å². The van der Waals surface area contributed by atoms with Crippen molar-refractivity contribution in [3.8, 4) is 45.8 Å². The van der Waals surface area contributed by atoms with Crippen LogP contribution in [0.2, 0.25) is 0 Å². The number of carbonyl (C=O) groups is 2. The van der Waals surface area contributed by atoms with E-state index in [1.807, 2.05) is 26.0 Å². The molecular weight excluding hydrogens is 833 g/mol. The largest absolute Gasteiger partial charge is 0.478 e. The van der Waals surface area contributed by atoms with Crippen molar-refractivity contribution in [2.45, 2.75) is 26.7 Å². The molecule has 14 nitrogen and oxygen atoms in total. The van der Waals surface area contributed by atoms with Crippen LogP contribution >= 0.6 is 0 Å². The Morgan fingerprint density at radius 3 is 1.26 bits per heavy atom. The predicted octanol–water partition coefficient (Wildman–Crippen LogP) is 7.47. The van der Waals surface area contributed by atoms with Crippen LogP contribution in [0.3, 0.4) is 0 Å². The number of nitrogens with zero attached hydrogens (tertiary/aromatic N) is 8. The highest BCUT2D eigenvalue weighted by Gasteiger charge is 2.19. The van der Waals surface area contributed by atoms with E-state index in [0.29, 0.717) is 59.5 Å². The summed E-state index contributed by atoms with van der Waals surface area (Å²) in [5.41, 5.74) is 5.57. The van der Waals surface area contributed by atoms with Gasteiger partial charge >= 0.3 is 11.9 Å². The van der Waals surface area contributed by atoms with Gasteiger partial charge in [-0.3, -0.25) is 9.80 Å². The molecule has 66 heavy (non-hydrogen) atoms. The van der Waals surface area contributed by atoms with Gasteiger partial charge in [0.2, 0.25) is 11.8 Å². The second-order valence-electron chi connectivity index (χ2n) is 16.2. The first-order valence-corrected chi connectivity index (χ1v) is 22.6. The number of rotatable bonds is 18. The molecule has 0 N–H and O–H groups in total. The molecule has 0 unspecified atom stereocenters. The van der Waals surface area contributed by atoms with Gasteiger partial charge in [-0.2, -0.15) is 9.97 Å². The van der Waals surface area contributed by atoms with E-state index in [1.165, 1.54) is 11.4 Å². The minimum absolute atomic E-state index is 0.311. The molecule has 2 fully saturated rings. The zero-order chi connectivity index (χ0) is 45.5. The van der Waals surface area contributed by atoms with Gasteiger partial charge in [0.25, 0.3) is 0 Å². The SMILES string of the molecule is Cc1nc(OCCCN2CCN(c3ccccc3)CC2)cc(-c2ccc(OC(=O)/C=C\C(=O)Oc3ccc(-c4cc(OCCCN5CCN(c6ccccc6)CC5)nc(C)n4)cc3)cc2)n1. The Bertz CT molecular complexity index is 2350. The van der Waals surface area contributed by atoms with E-state index < -0.39 is 11.9 Å². The van der Waals surface area contributed by atoms with E-state index in [1.54, 1.807) is 48.5 Å². The quantitative estimate of drug-likeness (QED) is 0.0366. The van der Waals surface area contributed by atoms with Gasteiger partial charge in [-0.05, 0) is 99.5 Å². The summed E-state index contributed by atoms with van der Waals surface area (Å²) in [4.78, 5) is 53.1. The van der Waals surface area contributed by atoms with Crippen molar-refractivity contribution in [2.24, 2.45) is 0 Å². The molecule has 0 amide bonds. The van der Waals surface area contributed by atoms with Crippen LogP contribution in [-0.4, -0.2) is 120 Å². The Balaban J connectivity index is 0.738. The standard InChI is InChI=1S/C52H56N8O6/c1-39-53-47(37-49(55-39)63-35-9-25-57-27-31-59(32-28-57)43-11-5-3-6-12-43)41-15-19-45(20-16-41)65-51(61)23-24-52(62)66-46-21-17-42(18-22-46)48-38-50(56-40(2)54-48)64-36-10-26-58-29-33-60(34-30-58)44-13-7-4-8-14-44/h3-8,11-24,37-38H,9-10,25-36H2,1-2H3/b24-23-. The second kappa shape index (κ2) is 22.6. The minimum Gasteiger partial charge on any atom is -0.478 e. The molecule has 0 atom stereocenters. The predicted molar refractivity (Wildman–Crippen MR) is 255 cm³/mol. The third-order valence-corrected chi connectivity index (χ3v) is 11.4. The van der Waals surface area contributed by atoms with E-state index in [-0.39, 0.29) is 0 Å². The Morgan fingerprint density at radius 1 is 0.500 bits per heavy atom. The number of benzene rings is 4. The van der Waals surface area contributed by atoms with Crippen LogP contribution in [0.25, 0.3) is 22.5 Å². The normalized spacial score (nSPS) is 14.6. The maximum absolute atomic E-state index is 12.6. The number of hydrogen-bond donors (Lipinski definition) is 0. The summed E-state index contributed by atoms with van der Waals surface area (Å²) in [7, 11) is 0. The first kappa shape index (κ1) is 45.4. The van der Waals surface area contributed by atoms with Gasteiger partial charge in [0, 0.05) is 112 Å². The molecule has 14 heteroatoms. The van der Waals surface area contributed by atoms with Crippen molar-refractivity contribution in [3.63, 3.8) is 0 Å². The lowest BCUT2D eigenvalue weighted by Gasteiger charge is -2.36. The van der Waals surface area contributed by atoms with Gasteiger partial charge < -0.3 is 28.7 Å². The van der Waals surface area contributed by atoms with Crippen LogP contribution in [0.15, 0.2) is 133 Å². The highest BCUT2D eigenvalue weighted by Crippen LogP contribution is 2.26. The Morgan fingerprint density at radius 2 is 0.879 bits per heavy atom. The Hall–Kier alpha value is -7.16. The summed E-state index contributed by atoms with van der Waals surface area (Å²) in [5.74, 6) is 1.39. The van der Waals surface area contributed by atoms with Gasteiger partial charge in [0.15, 0.2) is 0 Å². The molecule has 340 valence electrons. The first-order valence-electron chi connectivity index (χ1n) is 22.6. The molecule has 0 radical (unpaired) electrons. The summed E-state index contributed by atoms with van der Waals surface area (Å²) >= 11 is 0. The highest BCUT2D eigenvalue weighted by molar-refractivity contribution is 5.93. The van der Waals surface area contributed by atoms with Crippen LogP contribution in [0, 0.1) is 13.8 Å². The highest BCUT2D eigenvalue weighted by atomic mass is 16.5. The third kappa shape index (κ3) is 13.2. The number of para-hydroxylation sites is 2. The number of ether oxygens (including phenoxy) is 4. The van der Waals surface area contributed by atoms with E-state index in [2.05, 4.69) is 100 Å². The van der Waals surface area contributed by atoms with Crippen molar-refractivity contribution in [1.82, 2.24) is 29.7 Å². The molecule has 2 saturated heterocycles. The molecular formula is C52H56N8O6. The summed E-state index contributed by atoms with van der Waals surface area (Å²) in [6, 6.07) is 38.6. The maximum Gasteiger partial charge on any atom is 0.336 e. The number of piperazine rings is 2. The Labute approximate surface area is 386 Å². The summed E-state index contributed by atoms with van der Waals surface area (Å²) in [6.07, 6.45) is 3.84. The molecule has 2 aliphatic rings. The minimum atomic E-state index is -0.722. The number of aromatic nitrogens is 4. The molecule has 4 aromatic carbocycles. The van der Waals surface area contributed by atoms with E-state index >= 15 is 0 Å². The molecule has 2 aliphatic heterocycles. The number of esters is 2. The molecule has 2 aromatic heterocycles. The number of aryl methyl sites for hydroxylation is 2. The fourth-order valence-corrected chi connectivity index (χ4v) is 8.01. The Kier molecular flexibility index (Phi) is 15.6. The van der Waals surface area contributed by atoms with E-state index in [9.17, 15) is 9.59 Å². The number of hydrogen-bond acceptors (Lipinski definition) is 14. The summed E-state index contributed by atoms with van der Waals surface area (Å²) < 4.78 is 23.0. The maximum atomic E-state index is 12.6. The molecule has 0 spiro atoms. The first-order chi connectivity index (χ1) is 32.3. The summed E-state index contributed by atoms with van der Waals surface area (Å²) in [5, 5.41) is 0. The van der Waals surface area contributed by atoms with E-state index in [0.717, 1.165) is 102 Å². The topological polar surface area (TPSA) is 136 Å². The summed E-state index contributed by atoms with van der Waals surface area (Å²) in [6.45, 7) is 14.8. The monoisotopic (exact) mass is 888 g/mol. The second-order valence-corrected chi connectivity index (χ2v) is 16.2. The van der Waals surface area contributed by atoms with Gasteiger partial charge in [0.05, 0.1) is 24.6 Å². The zero-order valence-corrected chi connectivity index (χ0v) is 37.6. The van der Waals surface area contributed by atoms with Crippen LogP contribution < -0.4 is 28.7 Å². The lowest BCUT2D eigenvalue weighted by Crippen LogP contribution is -2.46. The van der Waals surface area contributed by atoms with Crippen molar-refractivity contribution in [1.29, 1.82) is 0 Å². The molecule has 4 heterocycles. The lowest BCUT2D eigenvalue weighted by atomic mass is 10.1. The number of anilines is 2. The fourth-order valence-electron chi connectivity index (χ4n) is 8.01. The average molecular weight is 889 g/mol. The number of carbonyl (C=O) groups excluding carboxylic acids is 2. The third-order valence-electron chi connectivity index (χ3n) is 11.4. The molecule has 0 saturated carbocycles. The van der Waals surface area contributed by atoms with Crippen LogP contribution in [0.4, 0.5) is 11.4 Å². The van der Waals surface area contributed by atoms with Crippen molar-refractivity contribution in [3.05, 3.63) is 145 Å². The van der Waals surface area contributed by atoms with Gasteiger partial charge in [-0.15, -0.1) is 0 Å². The lowest BCUT2D eigenvalue weighted by molar-refractivity contribution is -0.131. The molecule has 8 rings (SSSR count). The molecule has 0 aliphatic carbocycles.